The van der Waals surface area contributed by atoms with Gasteiger partial charge in [-0.2, -0.15) is 0 Å². The summed E-state index contributed by atoms with van der Waals surface area (Å²) in [6, 6.07) is 76.4. The lowest BCUT2D eigenvalue weighted by molar-refractivity contribution is 0.445. The molecule has 1 heterocycles. The number of nitrogens with zero attached hydrogens (tertiary/aromatic N) is 1. The maximum absolute atomic E-state index is 2.48. The van der Waals surface area contributed by atoms with Crippen molar-refractivity contribution in [3.05, 3.63) is 212 Å². The number of hydrogen-bond donors (Lipinski definition) is 0. The third-order valence-electron chi connectivity index (χ3n) is 12.7. The highest BCUT2D eigenvalue weighted by molar-refractivity contribution is 7.25. The quantitative estimate of drug-likeness (QED) is 0.148. The van der Waals surface area contributed by atoms with Crippen LogP contribution in [0.2, 0.25) is 0 Å². The lowest BCUT2D eigenvalue weighted by Gasteiger charge is -2.29. The Labute approximate surface area is 356 Å². The molecule has 0 N–H and O–H groups in total. The smallest absolute Gasteiger partial charge is 0.0540 e. The van der Waals surface area contributed by atoms with Gasteiger partial charge >= 0.3 is 0 Å². The summed E-state index contributed by atoms with van der Waals surface area (Å²) in [6.07, 6.45) is 6.50. The number of benzene rings is 9. The number of thiophene rings is 1. The molecular weight excluding hydrogens is 743 g/mol. The Balaban J connectivity index is 1.07. The van der Waals surface area contributed by atoms with Gasteiger partial charge in [-0.15, -0.1) is 11.3 Å². The molecule has 11 rings (SSSR count). The Hall–Kier alpha value is -6.74. The van der Waals surface area contributed by atoms with E-state index in [4.69, 9.17) is 0 Å². The molecule has 0 atom stereocenters. The van der Waals surface area contributed by atoms with E-state index >= 15 is 0 Å². The largest absolute Gasteiger partial charge is 0.310 e. The molecule has 1 aliphatic rings. The maximum atomic E-state index is 2.48. The predicted molar refractivity (Wildman–Crippen MR) is 259 cm³/mol. The molecule has 10 aromatic rings. The van der Waals surface area contributed by atoms with E-state index < -0.39 is 0 Å². The van der Waals surface area contributed by atoms with Crippen molar-refractivity contribution in [3.8, 4) is 44.5 Å². The Bertz CT molecular complexity index is 3110. The Morgan fingerprint density at radius 3 is 1.77 bits per heavy atom. The van der Waals surface area contributed by atoms with Gasteiger partial charge in [-0.1, -0.05) is 183 Å². The van der Waals surface area contributed by atoms with Crippen molar-refractivity contribution in [2.75, 3.05) is 4.90 Å². The standard InChI is InChI=1S/C58H45NS/c1-3-15-40(16-4-1)41-31-33-42(34-32-41)43-35-37-47(38-36-43)59(48-22-11-21-46(39-48)50-26-14-30-56-58(50)53-24-8-10-29-55(53)60-56)54-28-9-7-23-51(54)52-27-13-20-45-19-12-25-49(57(45)52)44-17-5-2-6-18-44/h1,3-4,7-16,19-39,44H,2,5-6,17-18H2. The lowest BCUT2D eigenvalue weighted by atomic mass is 9.80. The van der Waals surface area contributed by atoms with Crippen LogP contribution in [0.3, 0.4) is 0 Å². The van der Waals surface area contributed by atoms with E-state index in [1.54, 1.807) is 0 Å². The van der Waals surface area contributed by atoms with Gasteiger partial charge in [-0.25, -0.2) is 0 Å². The third kappa shape index (κ3) is 6.68. The van der Waals surface area contributed by atoms with Crippen molar-refractivity contribution in [2.45, 2.75) is 38.0 Å². The van der Waals surface area contributed by atoms with E-state index in [-0.39, 0.29) is 0 Å². The summed E-state index contributed by atoms with van der Waals surface area (Å²) in [5.74, 6) is 0.591. The maximum Gasteiger partial charge on any atom is 0.0540 e. The van der Waals surface area contributed by atoms with Crippen LogP contribution in [0, 0.1) is 0 Å². The van der Waals surface area contributed by atoms with Gasteiger partial charge in [-0.05, 0) is 117 Å². The minimum absolute atomic E-state index is 0.591. The average molecular weight is 788 g/mol. The first-order valence-corrected chi connectivity index (χ1v) is 22.3. The van der Waals surface area contributed by atoms with Crippen molar-refractivity contribution in [1.82, 2.24) is 0 Å². The number of hydrogen-bond acceptors (Lipinski definition) is 2. The molecule has 9 aromatic carbocycles. The van der Waals surface area contributed by atoms with E-state index in [0.29, 0.717) is 5.92 Å². The third-order valence-corrected chi connectivity index (χ3v) is 13.8. The Morgan fingerprint density at radius 2 is 0.967 bits per heavy atom. The van der Waals surface area contributed by atoms with Crippen molar-refractivity contribution >= 4 is 59.3 Å². The van der Waals surface area contributed by atoms with Crippen molar-refractivity contribution in [1.29, 1.82) is 0 Å². The summed E-state index contributed by atoms with van der Waals surface area (Å²) in [5, 5.41) is 5.37. The van der Waals surface area contributed by atoms with Crippen LogP contribution >= 0.6 is 11.3 Å². The summed E-state index contributed by atoms with van der Waals surface area (Å²) in [6.45, 7) is 0. The minimum Gasteiger partial charge on any atom is -0.310 e. The molecule has 0 spiro atoms. The topological polar surface area (TPSA) is 3.24 Å². The highest BCUT2D eigenvalue weighted by Crippen LogP contribution is 2.47. The number of anilines is 3. The second kappa shape index (κ2) is 15.8. The van der Waals surface area contributed by atoms with Crippen LogP contribution in [0.1, 0.15) is 43.6 Å². The molecule has 0 aliphatic heterocycles. The Morgan fingerprint density at radius 1 is 0.383 bits per heavy atom. The molecule has 1 fully saturated rings. The first kappa shape index (κ1) is 36.3. The molecule has 0 bridgehead atoms. The highest BCUT2D eigenvalue weighted by Gasteiger charge is 2.23. The van der Waals surface area contributed by atoms with Gasteiger partial charge in [0, 0.05) is 37.1 Å². The van der Waals surface area contributed by atoms with Gasteiger partial charge in [0.2, 0.25) is 0 Å². The molecule has 0 amide bonds. The predicted octanol–water partition coefficient (Wildman–Crippen LogP) is 17.4. The molecule has 0 saturated heterocycles. The molecule has 1 aromatic heterocycles. The zero-order valence-electron chi connectivity index (χ0n) is 33.6. The van der Waals surface area contributed by atoms with Crippen molar-refractivity contribution < 1.29 is 0 Å². The Kier molecular flexibility index (Phi) is 9.56. The summed E-state index contributed by atoms with van der Waals surface area (Å²) >= 11 is 1.87. The van der Waals surface area contributed by atoms with E-state index in [2.05, 4.69) is 211 Å². The first-order valence-electron chi connectivity index (χ1n) is 21.4. The zero-order valence-corrected chi connectivity index (χ0v) is 34.4. The van der Waals surface area contributed by atoms with E-state index in [1.807, 2.05) is 11.3 Å². The van der Waals surface area contributed by atoms with Gasteiger partial charge in [-0.3, -0.25) is 0 Å². The average Bonchev–Trinajstić information content (AvgIpc) is 3.72. The fourth-order valence-corrected chi connectivity index (χ4v) is 10.9. The van der Waals surface area contributed by atoms with Gasteiger partial charge in [0.05, 0.1) is 5.69 Å². The SMILES string of the molecule is c1ccc(-c2ccc(-c3ccc(N(c4cccc(-c5cccc6sc7ccccc7c56)c4)c4ccccc4-c4cccc5cccc(C6CCCCC6)c45)cc3)cc2)cc1. The van der Waals surface area contributed by atoms with E-state index in [9.17, 15) is 0 Å². The van der Waals surface area contributed by atoms with Crippen molar-refractivity contribution in [2.24, 2.45) is 0 Å². The van der Waals surface area contributed by atoms with Crippen LogP contribution in [0.5, 0.6) is 0 Å². The van der Waals surface area contributed by atoms with Crippen LogP contribution < -0.4 is 4.90 Å². The summed E-state index contributed by atoms with van der Waals surface area (Å²) in [7, 11) is 0. The second-order valence-corrected chi connectivity index (χ2v) is 17.3. The fourth-order valence-electron chi connectivity index (χ4n) is 9.79. The van der Waals surface area contributed by atoms with Crippen LogP contribution in [-0.2, 0) is 0 Å². The van der Waals surface area contributed by atoms with Crippen molar-refractivity contribution in [3.63, 3.8) is 0 Å². The van der Waals surface area contributed by atoms with E-state index in [0.717, 1.165) is 11.4 Å². The van der Waals surface area contributed by atoms with Crippen LogP contribution in [-0.4, -0.2) is 0 Å². The molecule has 0 radical (unpaired) electrons. The zero-order chi connectivity index (χ0) is 39.8. The van der Waals surface area contributed by atoms with Gasteiger partial charge in [0.15, 0.2) is 0 Å². The molecule has 1 aliphatic carbocycles. The summed E-state index contributed by atoms with van der Waals surface area (Å²) < 4.78 is 2.64. The summed E-state index contributed by atoms with van der Waals surface area (Å²) in [4.78, 5) is 2.48. The van der Waals surface area contributed by atoms with Gasteiger partial charge in [0.1, 0.15) is 0 Å². The second-order valence-electron chi connectivity index (χ2n) is 16.3. The molecule has 0 unspecified atom stereocenters. The van der Waals surface area contributed by atoms with E-state index in [1.165, 1.54) is 119 Å². The minimum atomic E-state index is 0.591. The number of para-hydroxylation sites is 1. The van der Waals surface area contributed by atoms with Gasteiger partial charge < -0.3 is 4.90 Å². The molecule has 2 heteroatoms. The normalized spacial score (nSPS) is 13.3. The highest BCUT2D eigenvalue weighted by atomic mass is 32.1. The van der Waals surface area contributed by atoms with Crippen LogP contribution in [0.25, 0.3) is 75.5 Å². The fraction of sp³-hybridized carbons (Fsp3) is 0.103. The first-order chi connectivity index (χ1) is 29.8. The van der Waals surface area contributed by atoms with Crippen LogP contribution in [0.4, 0.5) is 17.1 Å². The number of fused-ring (bicyclic) bond motifs is 4. The molecule has 60 heavy (non-hydrogen) atoms. The van der Waals surface area contributed by atoms with Gasteiger partial charge in [0.25, 0.3) is 0 Å². The molecular formula is C58H45NS. The molecule has 1 nitrogen and oxygen atoms in total. The molecule has 288 valence electrons. The summed E-state index contributed by atoms with van der Waals surface area (Å²) in [5.41, 5.74) is 14.8. The van der Waals surface area contributed by atoms with Crippen LogP contribution in [0.15, 0.2) is 206 Å². The monoisotopic (exact) mass is 787 g/mol. The number of rotatable bonds is 8. The molecule has 1 saturated carbocycles. The lowest BCUT2D eigenvalue weighted by Crippen LogP contribution is -2.11.